The molecule has 0 fully saturated rings. The zero-order valence-corrected chi connectivity index (χ0v) is 28.1. The molecule has 0 bridgehead atoms. The van der Waals surface area contributed by atoms with Gasteiger partial charge in [0.05, 0.1) is 0 Å². The van der Waals surface area contributed by atoms with Gasteiger partial charge in [-0.3, -0.25) is 0 Å². The third-order valence-electron chi connectivity index (χ3n) is 5.13. The Hall–Kier alpha value is 2.67. The Morgan fingerprint density at radius 2 is 0.762 bits per heavy atom. The second-order valence-corrected chi connectivity index (χ2v) is 74.2. The van der Waals surface area contributed by atoms with Gasteiger partial charge in [-0.15, -0.1) is 0 Å². The van der Waals surface area contributed by atoms with Gasteiger partial charge in [-0.25, -0.2) is 0 Å². The first kappa shape index (κ1) is 21.7. The van der Waals surface area contributed by atoms with E-state index in [1.807, 2.05) is 7.18 Å². The van der Waals surface area contributed by atoms with Gasteiger partial charge in [0.2, 0.25) is 0 Å². The van der Waals surface area contributed by atoms with Crippen molar-refractivity contribution in [3.05, 3.63) is 19.3 Å². The molecule has 0 radical (unpaired) electrons. The molecule has 122 valence electrons. The first-order valence-electron chi connectivity index (χ1n) is 8.40. The molecule has 0 saturated heterocycles. The standard InChI is InChI=1S/C5H2.12CH3.4Sn/c1-2-4-5-3-1;;;;;;;;;;;;;;;;/h1,4H;12*1H3;;;;. The first-order valence-corrected chi connectivity index (χ1v) is 48.4. The molecule has 0 aromatic carbocycles. The molecule has 0 N–H and O–H groups in total. The minimum absolute atomic E-state index is 0.627. The SMILES string of the molecule is [CH3][Sn]([CH3])([CH3])[C]1=C[C]([Sn]([CH3])([CH3])[CH3])([Sn]([CH3])([CH3])[CH3])C=[C]1[Sn]([CH3])([CH3])[CH3]. The van der Waals surface area contributed by atoms with Crippen LogP contribution in [0.25, 0.3) is 0 Å². The summed E-state index contributed by atoms with van der Waals surface area (Å²) in [4.78, 5) is 32.0. The summed E-state index contributed by atoms with van der Waals surface area (Å²) in [6.45, 7) is 0. The summed E-state index contributed by atoms with van der Waals surface area (Å²) in [5.41, 5.74) is 0. The normalized spacial score (nSPS) is 20.4. The van der Waals surface area contributed by atoms with Crippen molar-refractivity contribution in [3.8, 4) is 0 Å². The van der Waals surface area contributed by atoms with Gasteiger partial charge in [-0.1, -0.05) is 0 Å². The topological polar surface area (TPSA) is 0 Å². The van der Waals surface area contributed by atoms with Crippen LogP contribution in [-0.2, 0) is 0 Å². The van der Waals surface area contributed by atoms with Gasteiger partial charge in [0.15, 0.2) is 0 Å². The molecule has 1 rings (SSSR count). The van der Waals surface area contributed by atoms with Gasteiger partial charge in [0.1, 0.15) is 0 Å². The molecule has 0 aromatic rings. The summed E-state index contributed by atoms with van der Waals surface area (Å²) in [6, 6.07) is 0. The Morgan fingerprint density at radius 3 is 0.905 bits per heavy atom. The van der Waals surface area contributed by atoms with Crippen LogP contribution >= 0.6 is 0 Å². The van der Waals surface area contributed by atoms with Crippen molar-refractivity contribution in [1.29, 1.82) is 0 Å². The van der Waals surface area contributed by atoms with Crippen molar-refractivity contribution in [1.82, 2.24) is 0 Å². The summed E-state index contributed by atoms with van der Waals surface area (Å²) >= 11 is -8.17. The fourth-order valence-corrected chi connectivity index (χ4v) is 87.8. The van der Waals surface area contributed by atoms with Crippen molar-refractivity contribution in [2.24, 2.45) is 0 Å². The van der Waals surface area contributed by atoms with E-state index < -0.39 is 73.5 Å². The maximum atomic E-state index is 2.94. The van der Waals surface area contributed by atoms with Crippen LogP contribution < -0.4 is 0 Å². The van der Waals surface area contributed by atoms with E-state index in [9.17, 15) is 0 Å². The van der Waals surface area contributed by atoms with Crippen LogP contribution in [0.4, 0.5) is 0 Å². The number of hydrogen-bond acceptors (Lipinski definition) is 0. The third-order valence-corrected chi connectivity index (χ3v) is 63.3. The van der Waals surface area contributed by atoms with E-state index in [4.69, 9.17) is 0 Å². The molecule has 1 aliphatic carbocycles. The number of rotatable bonds is 4. The average molecular weight is 717 g/mol. The van der Waals surface area contributed by atoms with E-state index in [0.29, 0.717) is 1.45 Å². The molecular formula is C17H38Sn4. The number of allylic oxidation sites excluding steroid dienone is 4. The number of hydrogen-bond donors (Lipinski definition) is 0. The maximum absolute atomic E-state index is 2.94. The molecule has 0 unspecified atom stereocenters. The average Bonchev–Trinajstić information content (AvgIpc) is 2.53. The Labute approximate surface area is 151 Å². The fraction of sp³-hybridized carbons (Fsp3) is 0.765. The van der Waals surface area contributed by atoms with E-state index in [0.717, 1.165) is 0 Å². The van der Waals surface area contributed by atoms with Gasteiger partial charge in [-0.05, 0) is 0 Å². The van der Waals surface area contributed by atoms with Crippen molar-refractivity contribution in [3.63, 3.8) is 0 Å². The van der Waals surface area contributed by atoms with Gasteiger partial charge in [-0.2, -0.15) is 0 Å². The molecule has 0 saturated carbocycles. The van der Waals surface area contributed by atoms with E-state index in [1.165, 1.54) is 0 Å². The van der Waals surface area contributed by atoms with E-state index in [2.05, 4.69) is 71.4 Å². The molecule has 0 atom stereocenters. The van der Waals surface area contributed by atoms with Gasteiger partial charge < -0.3 is 0 Å². The van der Waals surface area contributed by atoms with Crippen molar-refractivity contribution in [2.45, 2.75) is 60.7 Å². The molecule has 0 nitrogen and oxygen atoms in total. The Balaban J connectivity index is 3.73. The third kappa shape index (κ3) is 4.45. The van der Waals surface area contributed by atoms with Gasteiger partial charge in [0, 0.05) is 0 Å². The monoisotopic (exact) mass is 722 g/mol. The second kappa shape index (κ2) is 6.44. The molecule has 0 aliphatic heterocycles. The molecular weight excluding hydrogens is 679 g/mol. The first-order chi connectivity index (χ1) is 8.93. The zero-order valence-electron chi connectivity index (χ0n) is 16.7. The van der Waals surface area contributed by atoms with Crippen LogP contribution in [0.1, 0.15) is 0 Å². The van der Waals surface area contributed by atoms with E-state index in [1.54, 1.807) is 0 Å². The Bertz CT molecular complexity index is 425. The molecule has 0 amide bonds. The molecule has 1 aliphatic rings. The van der Waals surface area contributed by atoms with E-state index >= 15 is 0 Å². The Kier molecular flexibility index (Phi) is 6.66. The minimum atomic E-state index is -2.07. The predicted molar refractivity (Wildman–Crippen MR) is 112 cm³/mol. The van der Waals surface area contributed by atoms with Gasteiger partial charge in [0.25, 0.3) is 0 Å². The summed E-state index contributed by atoms with van der Waals surface area (Å²) in [5, 5.41) is 0. The van der Waals surface area contributed by atoms with Crippen LogP contribution in [0.15, 0.2) is 19.3 Å². The molecule has 0 heterocycles. The molecule has 21 heavy (non-hydrogen) atoms. The molecule has 0 spiro atoms. The summed E-state index contributed by atoms with van der Waals surface area (Å²) in [5.74, 6) is 0. The summed E-state index contributed by atoms with van der Waals surface area (Å²) in [7, 11) is 0. The summed E-state index contributed by atoms with van der Waals surface area (Å²) < 4.78 is 4.53. The summed E-state index contributed by atoms with van der Waals surface area (Å²) in [6.07, 6.45) is 5.87. The zero-order chi connectivity index (χ0) is 17.1. The van der Waals surface area contributed by atoms with Crippen molar-refractivity contribution in [2.75, 3.05) is 0 Å². The van der Waals surface area contributed by atoms with Crippen LogP contribution in [0.3, 0.4) is 0 Å². The van der Waals surface area contributed by atoms with Crippen LogP contribution in [0, 0.1) is 0 Å². The second-order valence-electron chi connectivity index (χ2n) is 11.0. The predicted octanol–water partition coefficient (Wildman–Crippen LogP) is 6.56. The quantitative estimate of drug-likeness (QED) is 0.289. The molecule has 0 aromatic heterocycles. The van der Waals surface area contributed by atoms with Gasteiger partial charge >= 0.3 is 154 Å². The van der Waals surface area contributed by atoms with Crippen molar-refractivity contribution < 1.29 is 0 Å². The van der Waals surface area contributed by atoms with Crippen LogP contribution in [0.2, 0.25) is 60.7 Å². The Morgan fingerprint density at radius 1 is 0.524 bits per heavy atom. The van der Waals surface area contributed by atoms with Crippen LogP contribution in [0.5, 0.6) is 0 Å². The van der Waals surface area contributed by atoms with Crippen molar-refractivity contribution >= 4 is 73.5 Å². The molecule has 4 heteroatoms. The fourth-order valence-electron chi connectivity index (χ4n) is 3.88. The van der Waals surface area contributed by atoms with E-state index in [-0.39, 0.29) is 0 Å². The van der Waals surface area contributed by atoms with Crippen LogP contribution in [-0.4, -0.2) is 73.5 Å².